The molecule has 0 spiro atoms. The summed E-state index contributed by atoms with van der Waals surface area (Å²) in [6.07, 6.45) is -2.13. The molecule has 3 heterocycles. The first kappa shape index (κ1) is 30.1. The zero-order valence-corrected chi connectivity index (χ0v) is 24.5. The number of nitrogen functional groups attached to an aromatic ring is 1. The molecule has 16 heteroatoms. The average Bonchev–Trinajstić information content (AvgIpc) is 3.60. The van der Waals surface area contributed by atoms with E-state index >= 15 is 4.39 Å². The normalized spacial score (nSPS) is 26.2. The van der Waals surface area contributed by atoms with Gasteiger partial charge in [-0.1, -0.05) is 18.2 Å². The van der Waals surface area contributed by atoms with Crippen molar-refractivity contribution < 1.29 is 37.4 Å². The van der Waals surface area contributed by atoms with Crippen LogP contribution in [0.3, 0.4) is 0 Å². The van der Waals surface area contributed by atoms with E-state index in [9.17, 15) is 14.5 Å². The van der Waals surface area contributed by atoms with Gasteiger partial charge in [0.05, 0.1) is 19.0 Å². The summed E-state index contributed by atoms with van der Waals surface area (Å²) in [5, 5.41) is 16.7. The van der Waals surface area contributed by atoms with Gasteiger partial charge in [0.15, 0.2) is 29.4 Å². The number of aliphatic hydroxyl groups excluding tert-OH is 1. The van der Waals surface area contributed by atoms with Crippen molar-refractivity contribution in [3.63, 3.8) is 0 Å². The standard InChI is InChI=1S/C26H35FN7O7P/c1-14(2)39-24(36)15(3)33-42(37,41-17-8-6-5-7-9-17)38-12-26(4)20(35)18(27)23(40-26)34-13-29-19-21(30-16-10-11-16)31-25(28)32-22(19)34/h5-9,13-16,18,20,23,35H,10-12H2,1-4H3,(H,33,37)(H3,28,30,31,32)/t15-,18+,20-,23+,26+,42?/m0/s1. The minimum absolute atomic E-state index is 0.0392. The first-order valence-corrected chi connectivity index (χ1v) is 15.2. The number of hydrogen-bond donors (Lipinski definition) is 4. The molecule has 228 valence electrons. The predicted octanol–water partition coefficient (Wildman–Crippen LogP) is 3.10. The Labute approximate surface area is 241 Å². The summed E-state index contributed by atoms with van der Waals surface area (Å²) in [4.78, 5) is 25.2. The van der Waals surface area contributed by atoms with E-state index in [1.807, 2.05) is 0 Å². The molecule has 6 atom stereocenters. The SMILES string of the molecule is CC(C)OC(=O)[C@H](C)NP(=O)(OC[C@@]1(C)O[C@@H](n2cnc3c(NC4CC4)nc(N)nc32)[C@H](F)[C@@H]1O)Oc1ccccc1. The molecule has 14 nitrogen and oxygen atoms in total. The zero-order chi connectivity index (χ0) is 30.2. The van der Waals surface area contributed by atoms with Gasteiger partial charge in [0.25, 0.3) is 0 Å². The number of rotatable bonds is 12. The van der Waals surface area contributed by atoms with Gasteiger partial charge in [0.1, 0.15) is 23.5 Å². The second-order valence-corrected chi connectivity index (χ2v) is 12.6. The number of esters is 1. The van der Waals surface area contributed by atoms with Crippen LogP contribution in [0, 0.1) is 0 Å². The molecule has 1 saturated carbocycles. The number of halogens is 1. The fourth-order valence-corrected chi connectivity index (χ4v) is 6.01. The second kappa shape index (κ2) is 11.7. The quantitative estimate of drug-likeness (QED) is 0.174. The number of aliphatic hydroxyl groups is 1. The number of nitrogens with two attached hydrogens (primary N) is 1. The summed E-state index contributed by atoms with van der Waals surface area (Å²) in [5.74, 6) is -0.104. The molecule has 5 N–H and O–H groups in total. The van der Waals surface area contributed by atoms with E-state index in [0.29, 0.717) is 11.3 Å². The number of carbonyl (C=O) groups excluding carboxylic acids is 1. The van der Waals surface area contributed by atoms with Gasteiger partial charge < -0.3 is 30.2 Å². The van der Waals surface area contributed by atoms with Gasteiger partial charge in [-0.15, -0.1) is 0 Å². The molecular weight excluding hydrogens is 572 g/mol. The predicted molar refractivity (Wildman–Crippen MR) is 150 cm³/mol. The lowest BCUT2D eigenvalue weighted by atomic mass is 9.99. The Bertz CT molecular complexity index is 1470. The molecule has 2 aromatic heterocycles. The lowest BCUT2D eigenvalue weighted by molar-refractivity contribution is -0.149. The highest BCUT2D eigenvalue weighted by Gasteiger charge is 2.55. The molecule has 2 aliphatic rings. The van der Waals surface area contributed by atoms with E-state index in [1.165, 1.54) is 24.7 Å². The number of aromatic nitrogens is 4. The molecule has 1 unspecified atom stereocenters. The Morgan fingerprint density at radius 1 is 1.29 bits per heavy atom. The topological polar surface area (TPSA) is 185 Å². The maximum atomic E-state index is 15.6. The highest BCUT2D eigenvalue weighted by molar-refractivity contribution is 7.52. The van der Waals surface area contributed by atoms with Gasteiger partial charge in [-0.3, -0.25) is 13.9 Å². The first-order chi connectivity index (χ1) is 19.9. The molecule has 1 saturated heterocycles. The molecule has 0 radical (unpaired) electrons. The summed E-state index contributed by atoms with van der Waals surface area (Å²) in [7, 11) is -4.30. The monoisotopic (exact) mass is 607 g/mol. The van der Waals surface area contributed by atoms with Crippen LogP contribution in [-0.2, 0) is 23.4 Å². The fraction of sp³-hybridized carbons (Fsp3) is 0.538. The maximum absolute atomic E-state index is 15.6. The van der Waals surface area contributed by atoms with Crippen LogP contribution in [0.15, 0.2) is 36.7 Å². The summed E-state index contributed by atoms with van der Waals surface area (Å²) in [6, 6.07) is 7.33. The van der Waals surface area contributed by atoms with Crippen LogP contribution in [0.1, 0.15) is 46.8 Å². The van der Waals surface area contributed by atoms with Crippen molar-refractivity contribution in [1.29, 1.82) is 0 Å². The van der Waals surface area contributed by atoms with Gasteiger partial charge in [-0.05, 0) is 52.7 Å². The summed E-state index contributed by atoms with van der Waals surface area (Å²) in [5.41, 5.74) is 4.81. The lowest BCUT2D eigenvalue weighted by Gasteiger charge is -2.30. The Hall–Kier alpha value is -3.36. The molecule has 3 aromatic rings. The van der Waals surface area contributed by atoms with E-state index in [4.69, 9.17) is 24.3 Å². The summed E-state index contributed by atoms with van der Waals surface area (Å²) in [6.45, 7) is 5.63. The average molecular weight is 608 g/mol. The third kappa shape index (κ3) is 6.50. The van der Waals surface area contributed by atoms with Gasteiger partial charge in [0, 0.05) is 6.04 Å². The van der Waals surface area contributed by atoms with Crippen molar-refractivity contribution in [1.82, 2.24) is 24.6 Å². The molecule has 1 aromatic carbocycles. The number of carbonyl (C=O) groups is 1. The summed E-state index contributed by atoms with van der Waals surface area (Å²) < 4.78 is 53.4. The van der Waals surface area contributed by atoms with Crippen molar-refractivity contribution in [3.05, 3.63) is 36.7 Å². The van der Waals surface area contributed by atoms with Gasteiger partial charge in [-0.2, -0.15) is 15.1 Å². The summed E-state index contributed by atoms with van der Waals surface area (Å²) >= 11 is 0. The molecule has 5 rings (SSSR count). The number of ether oxygens (including phenoxy) is 2. The van der Waals surface area contributed by atoms with E-state index < -0.39 is 56.6 Å². The van der Waals surface area contributed by atoms with Gasteiger partial charge in [0.2, 0.25) is 5.95 Å². The Kier molecular flexibility index (Phi) is 8.41. The van der Waals surface area contributed by atoms with Crippen molar-refractivity contribution in [2.45, 2.75) is 82.8 Å². The minimum Gasteiger partial charge on any atom is -0.462 e. The number of alkyl halides is 1. The zero-order valence-electron chi connectivity index (χ0n) is 23.6. The van der Waals surface area contributed by atoms with Crippen LogP contribution in [0.5, 0.6) is 5.75 Å². The van der Waals surface area contributed by atoms with Crippen LogP contribution in [0.25, 0.3) is 11.2 Å². The van der Waals surface area contributed by atoms with Crippen LogP contribution < -0.4 is 20.7 Å². The first-order valence-electron chi connectivity index (χ1n) is 13.6. The third-order valence-corrected chi connectivity index (χ3v) is 8.39. The third-order valence-electron chi connectivity index (χ3n) is 6.77. The number of nitrogens with one attached hydrogen (secondary N) is 2. The molecule has 0 bridgehead atoms. The number of para-hydroxylation sites is 1. The minimum atomic E-state index is -4.30. The number of hydrogen-bond acceptors (Lipinski definition) is 12. The lowest BCUT2D eigenvalue weighted by Crippen LogP contribution is -2.44. The van der Waals surface area contributed by atoms with E-state index in [2.05, 4.69) is 25.4 Å². The van der Waals surface area contributed by atoms with Crippen LogP contribution in [-0.4, -0.2) is 73.3 Å². The van der Waals surface area contributed by atoms with Crippen molar-refractivity contribution >= 4 is 36.6 Å². The number of imidazole rings is 1. The maximum Gasteiger partial charge on any atom is 0.459 e. The number of anilines is 2. The molecule has 0 amide bonds. The van der Waals surface area contributed by atoms with Crippen molar-refractivity contribution in [2.75, 3.05) is 17.7 Å². The van der Waals surface area contributed by atoms with E-state index in [0.717, 1.165) is 12.8 Å². The van der Waals surface area contributed by atoms with Crippen LogP contribution >= 0.6 is 7.75 Å². The fourth-order valence-electron chi connectivity index (χ4n) is 4.42. The number of nitrogens with zero attached hydrogens (tertiary/aromatic N) is 4. The molecular formula is C26H35FN7O7P. The smallest absolute Gasteiger partial charge is 0.459 e. The van der Waals surface area contributed by atoms with Crippen LogP contribution in [0.2, 0.25) is 0 Å². The highest BCUT2D eigenvalue weighted by Crippen LogP contribution is 2.48. The van der Waals surface area contributed by atoms with Gasteiger partial charge in [-0.25, -0.2) is 13.9 Å². The Balaban J connectivity index is 1.36. The van der Waals surface area contributed by atoms with Crippen LogP contribution in [0.4, 0.5) is 16.2 Å². The van der Waals surface area contributed by atoms with E-state index in [-0.39, 0.29) is 23.4 Å². The number of benzene rings is 1. The Morgan fingerprint density at radius 2 is 2.00 bits per heavy atom. The molecule has 1 aliphatic heterocycles. The Morgan fingerprint density at radius 3 is 2.67 bits per heavy atom. The number of fused-ring (bicyclic) bond motifs is 1. The van der Waals surface area contributed by atoms with Gasteiger partial charge >= 0.3 is 13.7 Å². The second-order valence-electron chi connectivity index (χ2n) is 10.9. The van der Waals surface area contributed by atoms with Crippen molar-refractivity contribution in [3.8, 4) is 5.75 Å². The molecule has 2 fully saturated rings. The molecule has 1 aliphatic carbocycles. The van der Waals surface area contributed by atoms with E-state index in [1.54, 1.807) is 44.2 Å². The van der Waals surface area contributed by atoms with Crippen molar-refractivity contribution in [2.24, 2.45) is 0 Å². The largest absolute Gasteiger partial charge is 0.462 e. The highest BCUT2D eigenvalue weighted by atomic mass is 31.2. The molecule has 42 heavy (non-hydrogen) atoms.